The van der Waals surface area contributed by atoms with Crippen molar-refractivity contribution in [2.75, 3.05) is 6.54 Å². The number of amides is 3. The van der Waals surface area contributed by atoms with Crippen molar-refractivity contribution in [2.45, 2.75) is 92.5 Å². The lowest BCUT2D eigenvalue weighted by atomic mass is 9.98. The molecule has 0 fully saturated rings. The molecule has 0 bridgehead atoms. The molecule has 1 rings (SSSR count). The molecular formula is C24H39N3O4. The second-order valence-corrected chi connectivity index (χ2v) is 9.31. The summed E-state index contributed by atoms with van der Waals surface area (Å²) in [6, 6.07) is 4.07. The maximum Gasteiger partial charge on any atom is 0.408 e. The van der Waals surface area contributed by atoms with Crippen LogP contribution in [-0.4, -0.2) is 47.0 Å². The van der Waals surface area contributed by atoms with E-state index in [0.717, 1.165) is 16.7 Å². The van der Waals surface area contributed by atoms with Gasteiger partial charge in [-0.15, -0.1) is 0 Å². The van der Waals surface area contributed by atoms with Gasteiger partial charge in [-0.1, -0.05) is 25.1 Å². The Morgan fingerprint density at radius 1 is 1.03 bits per heavy atom. The van der Waals surface area contributed by atoms with Crippen molar-refractivity contribution >= 4 is 17.9 Å². The number of alkyl carbamates (subject to hydrolysis) is 1. The highest BCUT2D eigenvalue weighted by Gasteiger charge is 2.34. The summed E-state index contributed by atoms with van der Waals surface area (Å²) in [6.45, 7) is 17.0. The third kappa shape index (κ3) is 8.23. The minimum absolute atomic E-state index is 0.0718. The van der Waals surface area contributed by atoms with E-state index < -0.39 is 23.8 Å². The number of carbonyl (C=O) groups is 3. The standard InChI is InChI=1S/C24H39N3O4/c1-10-13-27(22(29)18(6)26-23(30)31-24(7,8)9)20(21(28)25-15(2)3)19-12-11-16(4)17(5)14-19/h11-12,14-15,18,20H,10,13H2,1-9H3,(H,25,28)(H,26,30). The first-order valence-corrected chi connectivity index (χ1v) is 10.9. The van der Waals surface area contributed by atoms with E-state index in [1.54, 1.807) is 32.6 Å². The Morgan fingerprint density at radius 2 is 1.65 bits per heavy atom. The molecule has 0 saturated carbocycles. The van der Waals surface area contributed by atoms with Crippen LogP contribution in [0.3, 0.4) is 0 Å². The number of nitrogens with zero attached hydrogens (tertiary/aromatic N) is 1. The quantitative estimate of drug-likeness (QED) is 0.648. The summed E-state index contributed by atoms with van der Waals surface area (Å²) in [5, 5.41) is 5.53. The molecule has 174 valence electrons. The second kappa shape index (κ2) is 11.2. The molecule has 0 aromatic heterocycles. The Bertz CT molecular complexity index is 784. The average Bonchev–Trinajstić information content (AvgIpc) is 2.61. The van der Waals surface area contributed by atoms with Gasteiger partial charge in [0.2, 0.25) is 11.8 Å². The summed E-state index contributed by atoms with van der Waals surface area (Å²) >= 11 is 0. The van der Waals surface area contributed by atoms with E-state index in [0.29, 0.717) is 13.0 Å². The number of hydrogen-bond donors (Lipinski definition) is 2. The molecule has 0 aliphatic heterocycles. The fourth-order valence-corrected chi connectivity index (χ4v) is 3.17. The summed E-state index contributed by atoms with van der Waals surface area (Å²) in [4.78, 5) is 40.3. The Labute approximate surface area is 186 Å². The third-order valence-electron chi connectivity index (χ3n) is 4.69. The fourth-order valence-electron chi connectivity index (χ4n) is 3.17. The normalized spacial score (nSPS) is 13.4. The van der Waals surface area contributed by atoms with Crippen molar-refractivity contribution in [3.8, 4) is 0 Å². The zero-order valence-corrected chi connectivity index (χ0v) is 20.5. The fraction of sp³-hybridized carbons (Fsp3) is 0.625. The summed E-state index contributed by atoms with van der Waals surface area (Å²) in [5.74, 6) is -0.584. The predicted molar refractivity (Wildman–Crippen MR) is 123 cm³/mol. The number of aryl methyl sites for hydroxylation is 2. The number of benzene rings is 1. The van der Waals surface area contributed by atoms with Crippen LogP contribution in [0, 0.1) is 13.8 Å². The van der Waals surface area contributed by atoms with E-state index in [-0.39, 0.29) is 17.9 Å². The summed E-state index contributed by atoms with van der Waals surface area (Å²) < 4.78 is 5.27. The number of rotatable bonds is 8. The van der Waals surface area contributed by atoms with E-state index in [9.17, 15) is 14.4 Å². The molecule has 7 nitrogen and oxygen atoms in total. The Kier molecular flexibility index (Phi) is 9.53. The number of hydrogen-bond acceptors (Lipinski definition) is 4. The minimum Gasteiger partial charge on any atom is -0.444 e. The van der Waals surface area contributed by atoms with Crippen LogP contribution in [0.1, 0.15) is 77.6 Å². The van der Waals surface area contributed by atoms with Gasteiger partial charge in [-0.05, 0) is 78.5 Å². The Morgan fingerprint density at radius 3 is 2.13 bits per heavy atom. The summed E-state index contributed by atoms with van der Waals surface area (Å²) in [6.07, 6.45) is 0.000413. The number of carbonyl (C=O) groups excluding carboxylic acids is 3. The van der Waals surface area contributed by atoms with Crippen LogP contribution in [0.4, 0.5) is 4.79 Å². The highest BCUT2D eigenvalue weighted by Crippen LogP contribution is 2.25. The first-order chi connectivity index (χ1) is 14.3. The van der Waals surface area contributed by atoms with Crippen LogP contribution in [0.5, 0.6) is 0 Å². The molecule has 0 heterocycles. The number of nitrogens with one attached hydrogen (secondary N) is 2. The van der Waals surface area contributed by atoms with Crippen LogP contribution in [0.15, 0.2) is 18.2 Å². The Hall–Kier alpha value is -2.57. The molecule has 3 amide bonds. The molecule has 1 aromatic carbocycles. The van der Waals surface area contributed by atoms with Gasteiger partial charge in [0, 0.05) is 12.6 Å². The lowest BCUT2D eigenvalue weighted by molar-refractivity contribution is -0.142. The third-order valence-corrected chi connectivity index (χ3v) is 4.69. The smallest absolute Gasteiger partial charge is 0.408 e. The molecule has 2 atom stereocenters. The van der Waals surface area contributed by atoms with E-state index in [4.69, 9.17) is 4.74 Å². The minimum atomic E-state index is -0.845. The largest absolute Gasteiger partial charge is 0.444 e. The van der Waals surface area contributed by atoms with Gasteiger partial charge in [-0.2, -0.15) is 0 Å². The van der Waals surface area contributed by atoms with Gasteiger partial charge in [0.15, 0.2) is 0 Å². The van der Waals surface area contributed by atoms with E-state index in [2.05, 4.69) is 10.6 Å². The van der Waals surface area contributed by atoms with Crippen molar-refractivity contribution in [3.63, 3.8) is 0 Å². The highest BCUT2D eigenvalue weighted by molar-refractivity contribution is 5.92. The predicted octanol–water partition coefficient (Wildman–Crippen LogP) is 4.02. The van der Waals surface area contributed by atoms with Crippen LogP contribution < -0.4 is 10.6 Å². The molecular weight excluding hydrogens is 394 g/mol. The van der Waals surface area contributed by atoms with Gasteiger partial charge in [-0.25, -0.2) is 4.79 Å². The molecule has 1 aromatic rings. The monoisotopic (exact) mass is 433 g/mol. The van der Waals surface area contributed by atoms with Gasteiger partial charge in [0.1, 0.15) is 17.7 Å². The first-order valence-electron chi connectivity index (χ1n) is 10.9. The van der Waals surface area contributed by atoms with Crippen LogP contribution >= 0.6 is 0 Å². The lowest BCUT2D eigenvalue weighted by Gasteiger charge is -2.34. The second-order valence-electron chi connectivity index (χ2n) is 9.31. The maximum absolute atomic E-state index is 13.4. The zero-order valence-electron chi connectivity index (χ0n) is 20.5. The van der Waals surface area contributed by atoms with E-state index >= 15 is 0 Å². The maximum atomic E-state index is 13.4. The van der Waals surface area contributed by atoms with Crippen LogP contribution in [0.25, 0.3) is 0 Å². The van der Waals surface area contributed by atoms with Crippen LogP contribution in [-0.2, 0) is 14.3 Å². The zero-order chi connectivity index (χ0) is 23.9. The first kappa shape index (κ1) is 26.5. The van der Waals surface area contributed by atoms with Crippen molar-refractivity contribution in [2.24, 2.45) is 0 Å². The molecule has 2 unspecified atom stereocenters. The van der Waals surface area contributed by atoms with Gasteiger partial charge in [0.25, 0.3) is 0 Å². The summed E-state index contributed by atoms with van der Waals surface area (Å²) in [7, 11) is 0. The van der Waals surface area contributed by atoms with Gasteiger partial charge in [-0.3, -0.25) is 9.59 Å². The Balaban J connectivity index is 3.27. The topological polar surface area (TPSA) is 87.7 Å². The average molecular weight is 434 g/mol. The summed E-state index contributed by atoms with van der Waals surface area (Å²) in [5.41, 5.74) is 2.23. The van der Waals surface area contributed by atoms with Gasteiger partial charge < -0.3 is 20.3 Å². The highest BCUT2D eigenvalue weighted by atomic mass is 16.6. The van der Waals surface area contributed by atoms with Gasteiger partial charge >= 0.3 is 6.09 Å². The van der Waals surface area contributed by atoms with Crippen LogP contribution in [0.2, 0.25) is 0 Å². The molecule has 31 heavy (non-hydrogen) atoms. The van der Waals surface area contributed by atoms with E-state index in [1.165, 1.54) is 0 Å². The molecule has 7 heteroatoms. The lowest BCUT2D eigenvalue weighted by Crippen LogP contribution is -2.52. The van der Waals surface area contributed by atoms with E-state index in [1.807, 2.05) is 52.8 Å². The molecule has 0 radical (unpaired) electrons. The van der Waals surface area contributed by atoms with Crippen molar-refractivity contribution < 1.29 is 19.1 Å². The van der Waals surface area contributed by atoms with Crippen molar-refractivity contribution in [3.05, 3.63) is 34.9 Å². The molecule has 0 aliphatic rings. The molecule has 2 N–H and O–H groups in total. The molecule has 0 aliphatic carbocycles. The van der Waals surface area contributed by atoms with Crippen molar-refractivity contribution in [1.29, 1.82) is 0 Å². The van der Waals surface area contributed by atoms with Crippen molar-refractivity contribution in [1.82, 2.24) is 15.5 Å². The van der Waals surface area contributed by atoms with Gasteiger partial charge in [0.05, 0.1) is 0 Å². The molecule has 0 spiro atoms. The molecule has 0 saturated heterocycles. The number of ether oxygens (including phenoxy) is 1. The SMILES string of the molecule is CCCN(C(=O)C(C)NC(=O)OC(C)(C)C)C(C(=O)NC(C)C)c1ccc(C)c(C)c1.